The summed E-state index contributed by atoms with van der Waals surface area (Å²) in [7, 11) is 0. The Morgan fingerprint density at radius 2 is 2.28 bits per heavy atom. The first kappa shape index (κ1) is 18.9. The number of piperidine rings is 1. The van der Waals surface area contributed by atoms with Gasteiger partial charge in [-0.15, -0.1) is 10.2 Å². The molecule has 0 aromatic carbocycles. The lowest BCUT2D eigenvalue weighted by Crippen LogP contribution is -2.46. The van der Waals surface area contributed by atoms with Gasteiger partial charge in [-0.2, -0.15) is 0 Å². The summed E-state index contributed by atoms with van der Waals surface area (Å²) in [6.07, 6.45) is 7.06. The standard InChI is InChI=1S/C17H28N4O2S2/c1-3-13-7-4-5-9-21(13)15(22)12(2)24-17-20-19-16(25-17)18-11-14-8-6-10-23-14/h12-14H,3-11H2,1-2H3,(H,18,19). The molecular formula is C17H28N4O2S2. The molecule has 2 saturated heterocycles. The molecule has 0 spiro atoms. The third-order valence-electron chi connectivity index (χ3n) is 4.92. The zero-order valence-electron chi connectivity index (χ0n) is 15.1. The summed E-state index contributed by atoms with van der Waals surface area (Å²) in [5.74, 6) is 0.237. The van der Waals surface area contributed by atoms with E-state index in [1.165, 1.54) is 29.5 Å². The van der Waals surface area contributed by atoms with Crippen LogP contribution in [0.15, 0.2) is 4.34 Å². The molecule has 140 valence electrons. The molecule has 2 fully saturated rings. The van der Waals surface area contributed by atoms with E-state index in [0.717, 1.165) is 61.3 Å². The fourth-order valence-corrected chi connectivity index (χ4v) is 5.46. The Labute approximate surface area is 158 Å². The van der Waals surface area contributed by atoms with Gasteiger partial charge in [0.1, 0.15) is 0 Å². The molecule has 1 N–H and O–H groups in total. The highest BCUT2D eigenvalue weighted by Gasteiger charge is 2.29. The molecule has 2 aliphatic heterocycles. The van der Waals surface area contributed by atoms with E-state index in [2.05, 4.69) is 27.3 Å². The minimum atomic E-state index is -0.119. The van der Waals surface area contributed by atoms with Gasteiger partial charge in [0.2, 0.25) is 11.0 Å². The summed E-state index contributed by atoms with van der Waals surface area (Å²) in [4.78, 5) is 14.9. The normalized spacial score (nSPS) is 25.1. The zero-order chi connectivity index (χ0) is 17.6. The average molecular weight is 385 g/mol. The van der Waals surface area contributed by atoms with Gasteiger partial charge in [0.25, 0.3) is 0 Å². The maximum atomic E-state index is 12.8. The molecule has 2 aliphatic rings. The fraction of sp³-hybridized carbons (Fsp3) is 0.824. The Morgan fingerprint density at radius 1 is 1.40 bits per heavy atom. The highest BCUT2D eigenvalue weighted by atomic mass is 32.2. The molecule has 3 unspecified atom stereocenters. The van der Waals surface area contributed by atoms with Crippen LogP contribution in [0.4, 0.5) is 5.13 Å². The van der Waals surface area contributed by atoms with Crippen molar-refractivity contribution in [2.45, 2.75) is 74.1 Å². The SMILES string of the molecule is CCC1CCCCN1C(=O)C(C)Sc1nnc(NCC2CCCO2)s1. The van der Waals surface area contributed by atoms with Crippen LogP contribution in [0.3, 0.4) is 0 Å². The van der Waals surface area contributed by atoms with Gasteiger partial charge in [-0.3, -0.25) is 4.79 Å². The number of rotatable bonds is 7. The number of carbonyl (C=O) groups excluding carboxylic acids is 1. The van der Waals surface area contributed by atoms with Crippen LogP contribution in [-0.2, 0) is 9.53 Å². The predicted molar refractivity (Wildman–Crippen MR) is 102 cm³/mol. The number of nitrogens with one attached hydrogen (secondary N) is 1. The quantitative estimate of drug-likeness (QED) is 0.727. The molecule has 0 saturated carbocycles. The van der Waals surface area contributed by atoms with Crippen molar-refractivity contribution in [1.82, 2.24) is 15.1 Å². The van der Waals surface area contributed by atoms with Crippen LogP contribution < -0.4 is 5.32 Å². The van der Waals surface area contributed by atoms with Crippen LogP contribution in [0.25, 0.3) is 0 Å². The Balaban J connectivity index is 1.50. The average Bonchev–Trinajstić information content (AvgIpc) is 3.31. The second kappa shape index (κ2) is 9.19. The molecule has 3 atom stereocenters. The van der Waals surface area contributed by atoms with Gasteiger partial charge >= 0.3 is 0 Å². The summed E-state index contributed by atoms with van der Waals surface area (Å²) >= 11 is 3.04. The van der Waals surface area contributed by atoms with Gasteiger partial charge in [0.05, 0.1) is 11.4 Å². The van der Waals surface area contributed by atoms with Gasteiger partial charge in [0.15, 0.2) is 4.34 Å². The number of likely N-dealkylation sites (tertiary alicyclic amines) is 1. The van der Waals surface area contributed by atoms with Crippen molar-refractivity contribution < 1.29 is 9.53 Å². The first-order valence-electron chi connectivity index (χ1n) is 9.33. The molecule has 1 amide bonds. The van der Waals surface area contributed by atoms with Crippen molar-refractivity contribution in [1.29, 1.82) is 0 Å². The van der Waals surface area contributed by atoms with E-state index >= 15 is 0 Å². The Bertz CT molecular complexity index is 563. The van der Waals surface area contributed by atoms with Crippen molar-refractivity contribution >= 4 is 34.1 Å². The highest BCUT2D eigenvalue weighted by Crippen LogP contribution is 2.31. The van der Waals surface area contributed by atoms with Crippen LogP contribution >= 0.6 is 23.1 Å². The third-order valence-corrected chi connectivity index (χ3v) is 6.97. The Hall–Kier alpha value is -0.860. The Morgan fingerprint density at radius 3 is 3.04 bits per heavy atom. The van der Waals surface area contributed by atoms with Crippen LogP contribution in [0.5, 0.6) is 0 Å². The van der Waals surface area contributed by atoms with Gasteiger partial charge in [-0.25, -0.2) is 0 Å². The molecule has 1 aromatic rings. The minimum absolute atomic E-state index is 0.119. The molecule has 0 radical (unpaired) electrons. The van der Waals surface area contributed by atoms with Gasteiger partial charge in [0, 0.05) is 25.7 Å². The second-order valence-electron chi connectivity index (χ2n) is 6.74. The van der Waals surface area contributed by atoms with E-state index < -0.39 is 0 Å². The van der Waals surface area contributed by atoms with E-state index in [1.807, 2.05) is 6.92 Å². The van der Waals surface area contributed by atoms with Crippen molar-refractivity contribution in [2.75, 3.05) is 25.0 Å². The summed E-state index contributed by atoms with van der Waals surface area (Å²) in [5.41, 5.74) is 0. The number of nitrogens with zero attached hydrogens (tertiary/aromatic N) is 3. The minimum Gasteiger partial charge on any atom is -0.376 e. The Kier molecular flexibility index (Phi) is 6.95. The molecule has 1 aromatic heterocycles. The summed E-state index contributed by atoms with van der Waals surface area (Å²) in [6.45, 7) is 6.69. The topological polar surface area (TPSA) is 67.4 Å². The molecule has 0 bridgehead atoms. The third kappa shape index (κ3) is 5.08. The lowest BCUT2D eigenvalue weighted by atomic mass is 10.00. The number of hydrogen-bond donors (Lipinski definition) is 1. The first-order valence-corrected chi connectivity index (χ1v) is 11.0. The van der Waals surface area contributed by atoms with E-state index in [4.69, 9.17) is 4.74 Å². The summed E-state index contributed by atoms with van der Waals surface area (Å²) in [5, 5.41) is 12.4. The summed E-state index contributed by atoms with van der Waals surface area (Å²) < 4.78 is 6.45. The lowest BCUT2D eigenvalue weighted by Gasteiger charge is -2.36. The molecule has 0 aliphatic carbocycles. The van der Waals surface area contributed by atoms with Crippen LogP contribution in [0, 0.1) is 0 Å². The zero-order valence-corrected chi connectivity index (χ0v) is 16.7. The van der Waals surface area contributed by atoms with E-state index in [-0.39, 0.29) is 17.3 Å². The second-order valence-corrected chi connectivity index (χ2v) is 9.30. The number of carbonyl (C=O) groups is 1. The molecule has 25 heavy (non-hydrogen) atoms. The van der Waals surface area contributed by atoms with Crippen LogP contribution in [0.1, 0.15) is 52.4 Å². The smallest absolute Gasteiger partial charge is 0.236 e. The van der Waals surface area contributed by atoms with Crippen molar-refractivity contribution in [3.8, 4) is 0 Å². The van der Waals surface area contributed by atoms with E-state index in [0.29, 0.717) is 6.04 Å². The largest absolute Gasteiger partial charge is 0.376 e. The molecule has 3 heterocycles. The number of aromatic nitrogens is 2. The number of amides is 1. The maximum Gasteiger partial charge on any atom is 0.236 e. The molecule has 8 heteroatoms. The highest BCUT2D eigenvalue weighted by molar-refractivity contribution is 8.02. The van der Waals surface area contributed by atoms with E-state index in [1.54, 1.807) is 0 Å². The number of anilines is 1. The monoisotopic (exact) mass is 384 g/mol. The maximum absolute atomic E-state index is 12.8. The van der Waals surface area contributed by atoms with Crippen LogP contribution in [0.2, 0.25) is 0 Å². The summed E-state index contributed by atoms with van der Waals surface area (Å²) in [6, 6.07) is 0.405. The van der Waals surface area contributed by atoms with Gasteiger partial charge in [-0.1, -0.05) is 30.0 Å². The molecule has 3 rings (SSSR count). The number of ether oxygens (including phenoxy) is 1. The molecular weight excluding hydrogens is 356 g/mol. The van der Waals surface area contributed by atoms with Crippen LogP contribution in [-0.4, -0.2) is 58.1 Å². The van der Waals surface area contributed by atoms with Crippen molar-refractivity contribution in [3.63, 3.8) is 0 Å². The first-order chi connectivity index (χ1) is 12.2. The van der Waals surface area contributed by atoms with Crippen molar-refractivity contribution in [2.24, 2.45) is 0 Å². The van der Waals surface area contributed by atoms with Crippen molar-refractivity contribution in [3.05, 3.63) is 0 Å². The predicted octanol–water partition coefficient (Wildman–Crippen LogP) is 3.40. The molecule has 6 nitrogen and oxygen atoms in total. The lowest BCUT2D eigenvalue weighted by molar-refractivity contribution is -0.134. The van der Waals surface area contributed by atoms with Gasteiger partial charge in [-0.05, 0) is 45.4 Å². The number of hydrogen-bond acceptors (Lipinski definition) is 7. The van der Waals surface area contributed by atoms with E-state index in [9.17, 15) is 4.79 Å². The fourth-order valence-electron chi connectivity index (χ4n) is 3.49. The number of thioether (sulfide) groups is 1. The van der Waals surface area contributed by atoms with Gasteiger partial charge < -0.3 is 15.0 Å².